The van der Waals surface area contributed by atoms with Crippen LogP contribution in [-0.4, -0.2) is 35.3 Å². The Morgan fingerprint density at radius 2 is 1.80 bits per heavy atom. The van der Waals surface area contributed by atoms with Crippen LogP contribution in [0.1, 0.15) is 18.4 Å². The van der Waals surface area contributed by atoms with Crippen LogP contribution in [-0.2, 0) is 9.59 Å². The maximum atomic E-state index is 12.7. The number of benzene rings is 1. The molecule has 6 nitrogen and oxygen atoms in total. The highest BCUT2D eigenvalue weighted by molar-refractivity contribution is 9.10. The van der Waals surface area contributed by atoms with E-state index in [1.807, 2.05) is 0 Å². The molecule has 1 N–H and O–H groups in total. The van der Waals surface area contributed by atoms with E-state index in [-0.39, 0.29) is 47.0 Å². The van der Waals surface area contributed by atoms with Crippen LogP contribution < -0.4 is 4.74 Å². The lowest BCUT2D eigenvalue weighted by Crippen LogP contribution is -2.38. The zero-order valence-corrected chi connectivity index (χ0v) is 15.1. The quantitative estimate of drug-likeness (QED) is 0.477. The van der Waals surface area contributed by atoms with Gasteiger partial charge in [0.1, 0.15) is 0 Å². The molecule has 3 aliphatic carbocycles. The van der Waals surface area contributed by atoms with Crippen molar-refractivity contribution in [3.63, 3.8) is 0 Å². The van der Waals surface area contributed by atoms with Crippen molar-refractivity contribution < 1.29 is 19.4 Å². The fraction of sp³-hybridized carbons (Fsp3) is 0.389. The van der Waals surface area contributed by atoms with Gasteiger partial charge in [-0.2, -0.15) is 10.1 Å². The van der Waals surface area contributed by atoms with Gasteiger partial charge >= 0.3 is 0 Å². The Balaban J connectivity index is 1.62. The summed E-state index contributed by atoms with van der Waals surface area (Å²) in [6, 6.07) is 3.23. The number of carbonyl (C=O) groups excluding carboxylic acids is 2. The number of amides is 2. The van der Waals surface area contributed by atoms with E-state index in [1.54, 1.807) is 12.1 Å². The summed E-state index contributed by atoms with van der Waals surface area (Å²) in [5.41, 5.74) is 0.609. The number of hydrazone groups is 1. The van der Waals surface area contributed by atoms with E-state index in [9.17, 15) is 14.7 Å². The summed E-state index contributed by atoms with van der Waals surface area (Å²) in [6.07, 6.45) is 7.52. The molecule has 0 radical (unpaired) electrons. The van der Waals surface area contributed by atoms with Gasteiger partial charge in [0.2, 0.25) is 0 Å². The molecule has 5 rings (SSSR count). The molecule has 2 amide bonds. The van der Waals surface area contributed by atoms with E-state index >= 15 is 0 Å². The first-order chi connectivity index (χ1) is 12.0. The van der Waals surface area contributed by atoms with Gasteiger partial charge in [0.05, 0.1) is 29.6 Å². The van der Waals surface area contributed by atoms with E-state index in [1.165, 1.54) is 13.3 Å². The molecule has 4 atom stereocenters. The lowest BCUT2D eigenvalue weighted by atomic mass is 9.63. The summed E-state index contributed by atoms with van der Waals surface area (Å²) in [7, 11) is 1.45. The van der Waals surface area contributed by atoms with Crippen LogP contribution in [0.3, 0.4) is 0 Å². The minimum absolute atomic E-state index is 0.0124. The van der Waals surface area contributed by atoms with Gasteiger partial charge in [-0.3, -0.25) is 9.59 Å². The van der Waals surface area contributed by atoms with Crippen LogP contribution in [0, 0.1) is 23.7 Å². The molecule has 25 heavy (non-hydrogen) atoms. The highest BCUT2D eigenvalue weighted by Crippen LogP contribution is 2.49. The van der Waals surface area contributed by atoms with Gasteiger partial charge in [0.25, 0.3) is 11.8 Å². The normalized spacial score (nSPS) is 30.4. The summed E-state index contributed by atoms with van der Waals surface area (Å²) in [5.74, 6) is -0.397. The smallest absolute Gasteiger partial charge is 0.254 e. The maximum Gasteiger partial charge on any atom is 0.254 e. The van der Waals surface area contributed by atoms with Crippen LogP contribution in [0.4, 0.5) is 0 Å². The average Bonchev–Trinajstić information content (AvgIpc) is 2.90. The first-order valence-corrected chi connectivity index (χ1v) is 8.97. The van der Waals surface area contributed by atoms with Gasteiger partial charge in [-0.1, -0.05) is 12.2 Å². The molecular formula is C18H17BrN2O4. The lowest BCUT2D eigenvalue weighted by Gasteiger charge is -2.37. The molecule has 0 spiro atoms. The fourth-order valence-electron chi connectivity index (χ4n) is 4.12. The van der Waals surface area contributed by atoms with E-state index in [0.29, 0.717) is 10.0 Å². The summed E-state index contributed by atoms with van der Waals surface area (Å²) >= 11 is 3.24. The standard InChI is InChI=1S/C18H17BrN2O4/c1-25-13-7-9(6-12(19)16(13)22)8-20-21-17(23)14-10-2-3-11(5-4-10)15(14)18(21)24/h2-3,6-8,10-11,14-15,22H,4-5H2,1H3/b20-8-/t10-,11+,14-,15-/m0/s1. The number of carbonyl (C=O) groups is 2. The maximum absolute atomic E-state index is 12.7. The number of methoxy groups -OCH3 is 1. The molecule has 1 saturated carbocycles. The topological polar surface area (TPSA) is 79.2 Å². The third-order valence-corrected chi connectivity index (χ3v) is 5.93. The van der Waals surface area contributed by atoms with Crippen molar-refractivity contribution >= 4 is 34.0 Å². The Morgan fingerprint density at radius 1 is 1.20 bits per heavy atom. The summed E-state index contributed by atoms with van der Waals surface area (Å²) in [5, 5.41) is 15.0. The number of phenolic OH excluding ortho intramolecular Hbond substituents is 1. The summed E-state index contributed by atoms with van der Waals surface area (Å²) < 4.78 is 5.54. The number of hydrogen-bond donors (Lipinski definition) is 1. The Kier molecular flexibility index (Phi) is 3.91. The largest absolute Gasteiger partial charge is 0.503 e. The number of allylic oxidation sites excluding steroid dienone is 2. The predicted molar refractivity (Wildman–Crippen MR) is 94.1 cm³/mol. The molecule has 0 unspecified atom stereocenters. The van der Waals surface area contributed by atoms with Crippen molar-refractivity contribution in [3.8, 4) is 11.5 Å². The zero-order valence-electron chi connectivity index (χ0n) is 13.6. The Labute approximate surface area is 153 Å². The molecular weight excluding hydrogens is 388 g/mol. The Hall–Kier alpha value is -2.15. The number of aromatic hydroxyl groups is 1. The van der Waals surface area contributed by atoms with Gasteiger partial charge in [-0.25, -0.2) is 0 Å². The fourth-order valence-corrected chi connectivity index (χ4v) is 4.58. The number of halogens is 1. The van der Waals surface area contributed by atoms with Crippen LogP contribution in [0.5, 0.6) is 11.5 Å². The Morgan fingerprint density at radius 3 is 2.32 bits per heavy atom. The van der Waals surface area contributed by atoms with E-state index in [4.69, 9.17) is 4.74 Å². The number of ether oxygens (including phenoxy) is 1. The van der Waals surface area contributed by atoms with Crippen LogP contribution in [0.25, 0.3) is 0 Å². The molecule has 2 fully saturated rings. The minimum atomic E-state index is -0.269. The van der Waals surface area contributed by atoms with E-state index in [0.717, 1.165) is 17.9 Å². The number of hydrogen-bond acceptors (Lipinski definition) is 5. The minimum Gasteiger partial charge on any atom is -0.503 e. The second kappa shape index (κ2) is 5.98. The molecule has 1 aromatic carbocycles. The molecule has 0 aromatic heterocycles. The first kappa shape index (κ1) is 16.3. The second-order valence-corrected chi connectivity index (χ2v) is 7.48. The van der Waals surface area contributed by atoms with Crippen LogP contribution in [0.2, 0.25) is 0 Å². The van der Waals surface area contributed by atoms with Gasteiger partial charge < -0.3 is 9.84 Å². The Bertz CT molecular complexity index is 788. The number of fused-ring (bicyclic) bond motifs is 1. The third-order valence-electron chi connectivity index (χ3n) is 5.33. The van der Waals surface area contributed by atoms with Crippen LogP contribution >= 0.6 is 15.9 Å². The van der Waals surface area contributed by atoms with Gasteiger partial charge in [0.15, 0.2) is 11.5 Å². The summed E-state index contributed by atoms with van der Waals surface area (Å²) in [6.45, 7) is 0. The summed E-state index contributed by atoms with van der Waals surface area (Å²) in [4.78, 5) is 25.4. The van der Waals surface area contributed by atoms with Crippen molar-refractivity contribution in [3.05, 3.63) is 34.3 Å². The first-order valence-electron chi connectivity index (χ1n) is 8.18. The monoisotopic (exact) mass is 404 g/mol. The van der Waals surface area contributed by atoms with Crippen molar-refractivity contribution in [2.24, 2.45) is 28.8 Å². The van der Waals surface area contributed by atoms with Crippen molar-refractivity contribution in [1.82, 2.24) is 5.01 Å². The van der Waals surface area contributed by atoms with Gasteiger partial charge in [-0.05, 0) is 58.3 Å². The van der Waals surface area contributed by atoms with Crippen molar-refractivity contribution in [2.75, 3.05) is 7.11 Å². The lowest BCUT2D eigenvalue weighted by molar-refractivity contribution is -0.140. The van der Waals surface area contributed by atoms with Crippen LogP contribution in [0.15, 0.2) is 33.9 Å². The number of imide groups is 1. The molecule has 1 aromatic rings. The van der Waals surface area contributed by atoms with Gasteiger partial charge in [-0.15, -0.1) is 0 Å². The number of rotatable bonds is 3. The number of nitrogens with zero attached hydrogens (tertiary/aromatic N) is 2. The molecule has 1 aliphatic heterocycles. The van der Waals surface area contributed by atoms with Gasteiger partial charge in [0, 0.05) is 0 Å². The SMILES string of the molecule is COc1cc(/C=N\N2C(=O)[C@@H]3[C@@H](C2=O)[C@H]2C=C[C@@H]3CC2)cc(Br)c1O. The molecule has 1 heterocycles. The predicted octanol–water partition coefficient (Wildman–Crippen LogP) is 2.69. The highest BCUT2D eigenvalue weighted by atomic mass is 79.9. The molecule has 2 bridgehead atoms. The molecule has 1 saturated heterocycles. The van der Waals surface area contributed by atoms with Crippen molar-refractivity contribution in [2.45, 2.75) is 12.8 Å². The number of phenols is 1. The molecule has 7 heteroatoms. The molecule has 4 aliphatic rings. The zero-order chi connectivity index (χ0) is 17.7. The average molecular weight is 405 g/mol. The van der Waals surface area contributed by atoms with Crippen molar-refractivity contribution in [1.29, 1.82) is 0 Å². The second-order valence-electron chi connectivity index (χ2n) is 6.63. The third kappa shape index (κ3) is 2.49. The molecule has 130 valence electrons. The highest BCUT2D eigenvalue weighted by Gasteiger charge is 2.56. The van der Waals surface area contributed by atoms with E-state index < -0.39 is 0 Å². The van der Waals surface area contributed by atoms with E-state index in [2.05, 4.69) is 33.2 Å².